The van der Waals surface area contributed by atoms with Gasteiger partial charge in [-0.2, -0.15) is 10.2 Å². The molecule has 0 fully saturated rings. The number of nitrogen functional groups attached to an aromatic ring is 1. The highest BCUT2D eigenvalue weighted by Crippen LogP contribution is 2.28. The van der Waals surface area contributed by atoms with Crippen molar-refractivity contribution in [3.05, 3.63) is 41.2 Å². The summed E-state index contributed by atoms with van der Waals surface area (Å²) < 4.78 is 5.70. The molecule has 0 saturated heterocycles. The van der Waals surface area contributed by atoms with Crippen molar-refractivity contribution in [2.45, 2.75) is 13.8 Å². The van der Waals surface area contributed by atoms with E-state index < -0.39 is 0 Å². The second kappa shape index (κ2) is 5.33. The number of aryl methyl sites for hydroxylation is 2. The molecule has 96 valence electrons. The lowest BCUT2D eigenvalue weighted by molar-refractivity contribution is 0.454. The Morgan fingerprint density at radius 3 is 2.53 bits per heavy atom. The quantitative estimate of drug-likeness (QED) is 0.643. The molecule has 0 bridgehead atoms. The fraction of sp³-hybridized carbons (Fsp3) is 0.154. The van der Waals surface area contributed by atoms with E-state index in [-0.39, 0.29) is 0 Å². The first-order valence-electron chi connectivity index (χ1n) is 5.62. The molecule has 0 unspecified atom stereocenters. The fourth-order valence-corrected chi connectivity index (χ4v) is 1.75. The van der Waals surface area contributed by atoms with E-state index in [9.17, 15) is 0 Å². The molecule has 0 saturated carbocycles. The second-order valence-corrected chi connectivity index (χ2v) is 4.04. The Bertz CT molecular complexity index is 625. The maximum absolute atomic E-state index is 8.90. The number of nitriles is 1. The standard InChI is InChI=1S/C13H13N5O/c1-8-3-10(5-14)4-9(2)13(8)19-12-7-16-6-11(17-12)18-15/h3-4,6-7H,15H2,1-2H3,(H,17,18). The van der Waals surface area contributed by atoms with Gasteiger partial charge in [0.15, 0.2) is 5.82 Å². The Hall–Kier alpha value is -2.65. The van der Waals surface area contributed by atoms with Gasteiger partial charge in [0.05, 0.1) is 24.0 Å². The van der Waals surface area contributed by atoms with E-state index in [1.165, 1.54) is 12.4 Å². The number of hydrogen-bond donors (Lipinski definition) is 2. The highest BCUT2D eigenvalue weighted by molar-refractivity contribution is 5.48. The van der Waals surface area contributed by atoms with Crippen molar-refractivity contribution in [2.24, 2.45) is 5.84 Å². The summed E-state index contributed by atoms with van der Waals surface area (Å²) in [7, 11) is 0. The average molecular weight is 255 g/mol. The Morgan fingerprint density at radius 2 is 1.95 bits per heavy atom. The van der Waals surface area contributed by atoms with Crippen LogP contribution in [0, 0.1) is 25.2 Å². The third-order valence-corrected chi connectivity index (χ3v) is 2.56. The van der Waals surface area contributed by atoms with E-state index in [2.05, 4.69) is 21.5 Å². The Morgan fingerprint density at radius 1 is 1.26 bits per heavy atom. The molecule has 3 N–H and O–H groups in total. The summed E-state index contributed by atoms with van der Waals surface area (Å²) in [6, 6.07) is 5.64. The van der Waals surface area contributed by atoms with E-state index in [1.54, 1.807) is 12.1 Å². The van der Waals surface area contributed by atoms with Crippen LogP contribution in [0.1, 0.15) is 16.7 Å². The van der Waals surface area contributed by atoms with Gasteiger partial charge in [-0.3, -0.25) is 4.98 Å². The molecule has 0 spiro atoms. The van der Waals surface area contributed by atoms with Gasteiger partial charge >= 0.3 is 0 Å². The lowest BCUT2D eigenvalue weighted by Crippen LogP contribution is -2.09. The molecule has 0 atom stereocenters. The number of aromatic nitrogens is 2. The number of benzene rings is 1. The number of nitrogens with two attached hydrogens (primary N) is 1. The first-order chi connectivity index (χ1) is 9.13. The van der Waals surface area contributed by atoms with Crippen molar-refractivity contribution in [3.63, 3.8) is 0 Å². The van der Waals surface area contributed by atoms with Crippen LogP contribution in [0.15, 0.2) is 24.5 Å². The molecule has 1 heterocycles. The zero-order chi connectivity index (χ0) is 13.8. The largest absolute Gasteiger partial charge is 0.437 e. The van der Waals surface area contributed by atoms with E-state index >= 15 is 0 Å². The summed E-state index contributed by atoms with van der Waals surface area (Å²) in [5.74, 6) is 6.69. The van der Waals surface area contributed by atoms with Gasteiger partial charge in [0.2, 0.25) is 5.88 Å². The number of anilines is 1. The van der Waals surface area contributed by atoms with Crippen LogP contribution in [0.25, 0.3) is 0 Å². The molecule has 6 heteroatoms. The molecule has 0 aliphatic heterocycles. The lowest BCUT2D eigenvalue weighted by atomic mass is 10.1. The van der Waals surface area contributed by atoms with Crippen LogP contribution in [0.5, 0.6) is 11.6 Å². The van der Waals surface area contributed by atoms with Crippen LogP contribution in [0.3, 0.4) is 0 Å². The monoisotopic (exact) mass is 255 g/mol. The summed E-state index contributed by atoms with van der Waals surface area (Å²) in [6.07, 6.45) is 2.99. The first-order valence-corrected chi connectivity index (χ1v) is 5.62. The molecule has 0 radical (unpaired) electrons. The van der Waals surface area contributed by atoms with Gasteiger partial charge in [0.25, 0.3) is 0 Å². The van der Waals surface area contributed by atoms with Gasteiger partial charge in [-0.25, -0.2) is 5.84 Å². The van der Waals surface area contributed by atoms with Crippen molar-refractivity contribution in [2.75, 3.05) is 5.43 Å². The number of hydrazine groups is 1. The number of hydrogen-bond acceptors (Lipinski definition) is 6. The Kier molecular flexibility index (Phi) is 3.59. The minimum Gasteiger partial charge on any atom is -0.437 e. The number of rotatable bonds is 3. The van der Waals surface area contributed by atoms with Crippen molar-refractivity contribution in [1.82, 2.24) is 9.97 Å². The van der Waals surface area contributed by atoms with Gasteiger partial charge in [-0.05, 0) is 37.1 Å². The summed E-state index contributed by atoms with van der Waals surface area (Å²) in [4.78, 5) is 8.09. The van der Waals surface area contributed by atoms with Crippen molar-refractivity contribution < 1.29 is 4.74 Å². The third kappa shape index (κ3) is 2.78. The smallest absolute Gasteiger partial charge is 0.239 e. The van der Waals surface area contributed by atoms with Crippen molar-refractivity contribution in [3.8, 4) is 17.7 Å². The summed E-state index contributed by atoms with van der Waals surface area (Å²) in [6.45, 7) is 3.75. The summed E-state index contributed by atoms with van der Waals surface area (Å²) >= 11 is 0. The van der Waals surface area contributed by atoms with Gasteiger partial charge in [-0.1, -0.05) is 0 Å². The number of nitrogens with zero attached hydrogens (tertiary/aromatic N) is 3. The zero-order valence-electron chi connectivity index (χ0n) is 10.6. The van der Waals surface area contributed by atoms with Crippen molar-refractivity contribution >= 4 is 5.82 Å². The van der Waals surface area contributed by atoms with Gasteiger partial charge in [0, 0.05) is 0 Å². The molecule has 0 amide bonds. The normalized spacial score (nSPS) is 9.79. The van der Waals surface area contributed by atoms with Gasteiger partial charge in [-0.15, -0.1) is 0 Å². The molecule has 2 aromatic rings. The van der Waals surface area contributed by atoms with E-state index in [0.717, 1.165) is 11.1 Å². The van der Waals surface area contributed by atoms with E-state index in [1.807, 2.05) is 13.8 Å². The second-order valence-electron chi connectivity index (χ2n) is 4.04. The Balaban J connectivity index is 2.36. The number of nitrogens with one attached hydrogen (secondary N) is 1. The molecule has 19 heavy (non-hydrogen) atoms. The van der Waals surface area contributed by atoms with Gasteiger partial charge in [0.1, 0.15) is 5.75 Å². The Labute approximate surface area is 110 Å². The van der Waals surface area contributed by atoms with E-state index in [4.69, 9.17) is 15.8 Å². The van der Waals surface area contributed by atoms with Crippen molar-refractivity contribution in [1.29, 1.82) is 5.26 Å². The maximum atomic E-state index is 8.90. The topological polar surface area (TPSA) is 96.8 Å². The minimum absolute atomic E-state index is 0.339. The zero-order valence-corrected chi connectivity index (χ0v) is 10.6. The van der Waals surface area contributed by atoms with Crippen LogP contribution < -0.4 is 16.0 Å². The molecule has 0 aliphatic carbocycles. The summed E-state index contributed by atoms with van der Waals surface area (Å²) in [5.41, 5.74) is 4.74. The molecular weight excluding hydrogens is 242 g/mol. The molecule has 2 rings (SSSR count). The summed E-state index contributed by atoms with van der Waals surface area (Å²) in [5, 5.41) is 8.90. The molecule has 6 nitrogen and oxygen atoms in total. The molecule has 1 aromatic heterocycles. The SMILES string of the molecule is Cc1cc(C#N)cc(C)c1Oc1cncc(NN)n1. The number of ether oxygens (including phenoxy) is 1. The highest BCUT2D eigenvalue weighted by Gasteiger charge is 2.09. The van der Waals surface area contributed by atoms with Crippen LogP contribution in [-0.4, -0.2) is 9.97 Å². The molecule has 0 aliphatic rings. The van der Waals surface area contributed by atoms with Crippen LogP contribution >= 0.6 is 0 Å². The minimum atomic E-state index is 0.339. The predicted molar refractivity (Wildman–Crippen MR) is 70.5 cm³/mol. The molecule has 1 aromatic carbocycles. The van der Waals surface area contributed by atoms with Gasteiger partial charge < -0.3 is 10.2 Å². The van der Waals surface area contributed by atoms with Crippen LogP contribution in [0.4, 0.5) is 5.82 Å². The first kappa shape index (κ1) is 12.8. The predicted octanol–water partition coefficient (Wildman–Crippen LogP) is 2.04. The third-order valence-electron chi connectivity index (χ3n) is 2.56. The fourth-order valence-electron chi connectivity index (χ4n) is 1.75. The van der Waals surface area contributed by atoms with Crippen LogP contribution in [0.2, 0.25) is 0 Å². The highest BCUT2D eigenvalue weighted by atomic mass is 16.5. The maximum Gasteiger partial charge on any atom is 0.239 e. The van der Waals surface area contributed by atoms with E-state index in [0.29, 0.717) is 23.0 Å². The van der Waals surface area contributed by atoms with Crippen LogP contribution in [-0.2, 0) is 0 Å². The average Bonchev–Trinajstić information content (AvgIpc) is 2.42. The molecular formula is C13H13N5O. The lowest BCUT2D eigenvalue weighted by Gasteiger charge is -2.11.